The summed E-state index contributed by atoms with van der Waals surface area (Å²) in [4.78, 5) is 26.7. The number of nitrogens with zero attached hydrogens (tertiary/aromatic N) is 2. The van der Waals surface area contributed by atoms with Crippen LogP contribution < -0.4 is 5.56 Å². The fourth-order valence-electron chi connectivity index (χ4n) is 3.27. The third-order valence-electron chi connectivity index (χ3n) is 4.55. The molecule has 0 spiro atoms. The molecule has 130 valence electrons. The zero-order valence-corrected chi connectivity index (χ0v) is 14.8. The van der Waals surface area contributed by atoms with Gasteiger partial charge in [0.15, 0.2) is 0 Å². The van der Waals surface area contributed by atoms with E-state index in [0.717, 1.165) is 38.8 Å². The third-order valence-corrected chi connectivity index (χ3v) is 4.85. The second kappa shape index (κ2) is 6.07. The molecule has 2 aromatic carbocycles. The number of nitrogens with one attached hydrogen (secondary N) is 2. The smallest absolute Gasteiger partial charge is 0.249 e. The number of halogens is 1. The molecule has 0 amide bonds. The molecule has 27 heavy (non-hydrogen) atoms. The van der Waals surface area contributed by atoms with Gasteiger partial charge in [0.2, 0.25) is 5.56 Å². The number of H-pyrrole nitrogens is 2. The molecule has 2 N–H and O–H groups in total. The quantitative estimate of drug-likeness (QED) is 0.468. The van der Waals surface area contributed by atoms with E-state index in [9.17, 15) is 4.79 Å². The van der Waals surface area contributed by atoms with Crippen LogP contribution >= 0.6 is 11.6 Å². The highest BCUT2D eigenvalue weighted by atomic mass is 35.5. The zero-order chi connectivity index (χ0) is 18.4. The van der Waals surface area contributed by atoms with Crippen molar-refractivity contribution in [1.82, 2.24) is 19.9 Å². The molecule has 0 aliphatic heterocycles. The highest BCUT2D eigenvalue weighted by Crippen LogP contribution is 2.36. The molecule has 0 fully saturated rings. The van der Waals surface area contributed by atoms with Gasteiger partial charge in [-0.2, -0.15) is 0 Å². The number of hydrogen-bond acceptors (Lipinski definition) is 3. The third kappa shape index (κ3) is 2.69. The van der Waals surface area contributed by atoms with Crippen LogP contribution in [0.5, 0.6) is 0 Å². The summed E-state index contributed by atoms with van der Waals surface area (Å²) < 4.78 is 0. The molecule has 6 heteroatoms. The minimum atomic E-state index is -0.178. The Morgan fingerprint density at radius 2 is 1.78 bits per heavy atom. The van der Waals surface area contributed by atoms with Gasteiger partial charge in [-0.15, -0.1) is 0 Å². The van der Waals surface area contributed by atoms with Crippen molar-refractivity contribution in [3.05, 3.63) is 82.4 Å². The summed E-state index contributed by atoms with van der Waals surface area (Å²) in [7, 11) is 0. The van der Waals surface area contributed by atoms with Gasteiger partial charge in [-0.3, -0.25) is 4.79 Å². The molecule has 0 aliphatic rings. The Bertz CT molecular complexity index is 1360. The predicted octanol–water partition coefficient (Wildman–Crippen LogP) is 4.79. The van der Waals surface area contributed by atoms with Crippen LogP contribution in [0, 0.1) is 0 Å². The number of pyridine rings is 2. The lowest BCUT2D eigenvalue weighted by Crippen LogP contribution is -2.04. The van der Waals surface area contributed by atoms with Crippen molar-refractivity contribution in [1.29, 1.82) is 0 Å². The molecule has 5 aromatic rings. The van der Waals surface area contributed by atoms with E-state index < -0.39 is 0 Å². The van der Waals surface area contributed by atoms with Gasteiger partial charge < -0.3 is 9.97 Å². The largest absolute Gasteiger partial charge is 0.343 e. The molecule has 3 aromatic heterocycles. The summed E-state index contributed by atoms with van der Waals surface area (Å²) in [5.74, 6) is 0. The Morgan fingerprint density at radius 3 is 2.63 bits per heavy atom. The zero-order valence-electron chi connectivity index (χ0n) is 14.0. The molecule has 3 heterocycles. The van der Waals surface area contributed by atoms with Crippen LogP contribution in [0.3, 0.4) is 0 Å². The van der Waals surface area contributed by atoms with Crippen molar-refractivity contribution in [2.45, 2.75) is 0 Å². The highest BCUT2D eigenvalue weighted by Gasteiger charge is 2.14. The number of rotatable bonds is 2. The highest BCUT2D eigenvalue weighted by molar-refractivity contribution is 6.35. The molecule has 0 aliphatic carbocycles. The lowest BCUT2D eigenvalue weighted by atomic mass is 9.97. The van der Waals surface area contributed by atoms with Crippen LogP contribution in [0.25, 0.3) is 44.5 Å². The van der Waals surface area contributed by atoms with E-state index >= 15 is 0 Å². The molecule has 0 unspecified atom stereocenters. The number of imidazole rings is 1. The van der Waals surface area contributed by atoms with E-state index in [1.54, 1.807) is 12.4 Å². The lowest BCUT2D eigenvalue weighted by molar-refractivity contribution is 1.23. The van der Waals surface area contributed by atoms with Crippen molar-refractivity contribution in [2.75, 3.05) is 0 Å². The van der Waals surface area contributed by atoms with Crippen LogP contribution in [0.1, 0.15) is 0 Å². The minimum Gasteiger partial charge on any atom is -0.343 e. The maximum absolute atomic E-state index is 11.7. The molecule has 0 bridgehead atoms. The molecule has 0 atom stereocenters. The summed E-state index contributed by atoms with van der Waals surface area (Å²) in [6, 6.07) is 19.0. The monoisotopic (exact) mass is 372 g/mol. The number of hydrogen-bond donors (Lipinski definition) is 2. The molecule has 0 radical (unpaired) electrons. The Kier molecular flexibility index (Phi) is 3.55. The second-order valence-corrected chi connectivity index (χ2v) is 6.67. The first-order valence-electron chi connectivity index (χ1n) is 8.41. The van der Waals surface area contributed by atoms with Gasteiger partial charge in [-0.1, -0.05) is 41.9 Å². The van der Waals surface area contributed by atoms with Crippen LogP contribution in [-0.2, 0) is 0 Å². The molecule has 5 nitrogen and oxygen atoms in total. The normalized spacial score (nSPS) is 11.3. The molecule has 0 saturated carbocycles. The first kappa shape index (κ1) is 15.8. The standard InChI is InChI=1S/C21H13ClN4O/c22-16-9-14(10-17-20(16)24-11-23-17)15-8-13-6-7-18(27)25-21(13)26-19(15)12-4-2-1-3-5-12/h1-11H,(H,23,24)(H,25,26,27). The predicted molar refractivity (Wildman–Crippen MR) is 108 cm³/mol. The molecular weight excluding hydrogens is 360 g/mol. The summed E-state index contributed by atoms with van der Waals surface area (Å²) in [6.07, 6.45) is 1.63. The maximum atomic E-state index is 11.7. The summed E-state index contributed by atoms with van der Waals surface area (Å²) in [5, 5.41) is 1.45. The van der Waals surface area contributed by atoms with Crippen molar-refractivity contribution < 1.29 is 0 Å². The van der Waals surface area contributed by atoms with Crippen LogP contribution in [-0.4, -0.2) is 19.9 Å². The van der Waals surface area contributed by atoms with E-state index in [0.29, 0.717) is 10.7 Å². The van der Waals surface area contributed by atoms with Crippen LogP contribution in [0.15, 0.2) is 71.8 Å². The Hall–Kier alpha value is -3.44. The number of aromatic nitrogens is 4. The van der Waals surface area contributed by atoms with E-state index in [1.807, 2.05) is 48.5 Å². The Morgan fingerprint density at radius 1 is 0.926 bits per heavy atom. The Labute approximate surface area is 158 Å². The van der Waals surface area contributed by atoms with Crippen molar-refractivity contribution in [2.24, 2.45) is 0 Å². The topological polar surface area (TPSA) is 74.4 Å². The molecule has 0 saturated heterocycles. The van der Waals surface area contributed by atoms with Crippen molar-refractivity contribution in [3.63, 3.8) is 0 Å². The van der Waals surface area contributed by atoms with Crippen LogP contribution in [0.4, 0.5) is 0 Å². The van der Waals surface area contributed by atoms with Gasteiger partial charge in [0, 0.05) is 22.6 Å². The minimum absolute atomic E-state index is 0.178. The number of fused-ring (bicyclic) bond motifs is 2. The SMILES string of the molecule is O=c1ccc2cc(-c3cc(Cl)c4[nH]cnc4c3)c(-c3ccccc3)nc2[nH]1. The van der Waals surface area contributed by atoms with Crippen molar-refractivity contribution in [3.8, 4) is 22.4 Å². The second-order valence-electron chi connectivity index (χ2n) is 6.27. The number of benzene rings is 2. The average molecular weight is 373 g/mol. The summed E-state index contributed by atoms with van der Waals surface area (Å²) in [6.45, 7) is 0. The first-order chi connectivity index (χ1) is 13.2. The van der Waals surface area contributed by atoms with Gasteiger partial charge >= 0.3 is 0 Å². The summed E-state index contributed by atoms with van der Waals surface area (Å²) in [5.41, 5.74) is 5.54. The first-order valence-corrected chi connectivity index (χ1v) is 8.79. The van der Waals surface area contributed by atoms with E-state index in [1.165, 1.54) is 6.07 Å². The fourth-order valence-corrected chi connectivity index (χ4v) is 3.54. The van der Waals surface area contributed by atoms with E-state index in [2.05, 4.69) is 15.0 Å². The average Bonchev–Trinajstić information content (AvgIpc) is 3.17. The van der Waals surface area contributed by atoms with E-state index in [4.69, 9.17) is 16.6 Å². The Balaban J connectivity index is 1.86. The van der Waals surface area contributed by atoms with Gasteiger partial charge in [0.25, 0.3) is 0 Å². The van der Waals surface area contributed by atoms with Gasteiger partial charge in [0.1, 0.15) is 5.65 Å². The molecular formula is C21H13ClN4O. The van der Waals surface area contributed by atoms with Crippen molar-refractivity contribution >= 4 is 33.7 Å². The maximum Gasteiger partial charge on any atom is 0.249 e. The fraction of sp³-hybridized carbons (Fsp3) is 0. The lowest BCUT2D eigenvalue weighted by Gasteiger charge is -2.12. The van der Waals surface area contributed by atoms with Crippen LogP contribution in [0.2, 0.25) is 5.02 Å². The van der Waals surface area contributed by atoms with Gasteiger partial charge in [-0.25, -0.2) is 9.97 Å². The number of aromatic amines is 2. The molecule has 5 rings (SSSR count). The van der Waals surface area contributed by atoms with Gasteiger partial charge in [0.05, 0.1) is 28.1 Å². The summed E-state index contributed by atoms with van der Waals surface area (Å²) >= 11 is 6.45. The van der Waals surface area contributed by atoms with Gasteiger partial charge in [-0.05, 0) is 29.8 Å². The van der Waals surface area contributed by atoms with E-state index in [-0.39, 0.29) is 5.56 Å².